The molecule has 0 spiro atoms. The van der Waals surface area contributed by atoms with Gasteiger partial charge in [-0.3, -0.25) is 4.79 Å². The molecule has 6 heteroatoms. The Labute approximate surface area is 99.8 Å². The van der Waals surface area contributed by atoms with Gasteiger partial charge in [0.05, 0.1) is 5.69 Å². The second-order valence-corrected chi connectivity index (χ2v) is 4.19. The van der Waals surface area contributed by atoms with E-state index in [1.807, 2.05) is 0 Å². The van der Waals surface area contributed by atoms with Crippen molar-refractivity contribution in [2.24, 2.45) is 5.73 Å². The van der Waals surface area contributed by atoms with Crippen LogP contribution in [0.5, 0.6) is 0 Å². The minimum absolute atomic E-state index is 0.246. The standard InChI is InChI=1S/C10H10BrN3O2/c1-5(12)6-4-9(15)14-10(13-6)7-2-3-8(11)16-7/h2-5H,12H2,1H3,(H,13,14,15). The number of nitrogens with two attached hydrogens (primary N) is 1. The predicted molar refractivity (Wildman–Crippen MR) is 62.9 cm³/mol. The maximum Gasteiger partial charge on any atom is 0.251 e. The first-order valence-corrected chi connectivity index (χ1v) is 5.48. The SMILES string of the molecule is CC(N)c1cc(=O)[nH]c(-c2ccc(Br)o2)n1. The second kappa shape index (κ2) is 4.23. The fourth-order valence-electron chi connectivity index (χ4n) is 1.27. The number of furan rings is 1. The lowest BCUT2D eigenvalue weighted by Gasteiger charge is -2.04. The van der Waals surface area contributed by atoms with Gasteiger partial charge in [0.15, 0.2) is 16.3 Å². The predicted octanol–water partition coefficient (Wildman–Crippen LogP) is 1.81. The topological polar surface area (TPSA) is 84.9 Å². The zero-order valence-corrected chi connectivity index (χ0v) is 10.1. The molecule has 0 aliphatic rings. The summed E-state index contributed by atoms with van der Waals surface area (Å²) in [6, 6.07) is 4.53. The first-order chi connectivity index (χ1) is 7.56. The highest BCUT2D eigenvalue weighted by Gasteiger charge is 2.09. The summed E-state index contributed by atoms with van der Waals surface area (Å²) in [4.78, 5) is 18.2. The lowest BCUT2D eigenvalue weighted by atomic mass is 10.2. The van der Waals surface area contributed by atoms with E-state index in [1.54, 1.807) is 19.1 Å². The zero-order chi connectivity index (χ0) is 11.7. The van der Waals surface area contributed by atoms with Gasteiger partial charge in [-0.15, -0.1) is 0 Å². The second-order valence-electron chi connectivity index (χ2n) is 3.41. The minimum Gasteiger partial charge on any atom is -0.446 e. The van der Waals surface area contributed by atoms with Gasteiger partial charge in [0, 0.05) is 12.1 Å². The van der Waals surface area contributed by atoms with Crippen LogP contribution in [0.15, 0.2) is 32.1 Å². The van der Waals surface area contributed by atoms with Crippen molar-refractivity contribution in [2.75, 3.05) is 0 Å². The van der Waals surface area contributed by atoms with Crippen LogP contribution in [0.2, 0.25) is 0 Å². The Morgan fingerprint density at radius 2 is 2.31 bits per heavy atom. The van der Waals surface area contributed by atoms with Crippen LogP contribution < -0.4 is 11.3 Å². The Bertz CT molecular complexity index is 559. The highest BCUT2D eigenvalue weighted by atomic mass is 79.9. The number of hydrogen-bond acceptors (Lipinski definition) is 4. The van der Waals surface area contributed by atoms with Gasteiger partial charge in [0.1, 0.15) is 0 Å². The minimum atomic E-state index is -0.292. The van der Waals surface area contributed by atoms with Crippen LogP contribution >= 0.6 is 15.9 Å². The Morgan fingerprint density at radius 3 is 2.88 bits per heavy atom. The molecule has 3 N–H and O–H groups in total. The third-order valence-electron chi connectivity index (χ3n) is 2.03. The van der Waals surface area contributed by atoms with Crippen LogP contribution in [0, 0.1) is 0 Å². The smallest absolute Gasteiger partial charge is 0.251 e. The third kappa shape index (κ3) is 2.23. The number of aromatic amines is 1. The van der Waals surface area contributed by atoms with E-state index in [9.17, 15) is 4.79 Å². The number of nitrogens with zero attached hydrogens (tertiary/aromatic N) is 1. The van der Waals surface area contributed by atoms with Crippen molar-refractivity contribution < 1.29 is 4.42 Å². The molecule has 84 valence electrons. The first-order valence-electron chi connectivity index (χ1n) is 4.69. The van der Waals surface area contributed by atoms with E-state index in [0.29, 0.717) is 21.9 Å². The summed E-state index contributed by atoms with van der Waals surface area (Å²) in [5.74, 6) is 0.872. The van der Waals surface area contributed by atoms with Crippen molar-refractivity contribution >= 4 is 15.9 Å². The fraction of sp³-hybridized carbons (Fsp3) is 0.200. The molecule has 0 amide bonds. The van der Waals surface area contributed by atoms with E-state index in [1.165, 1.54) is 6.07 Å². The molecule has 0 aromatic carbocycles. The van der Waals surface area contributed by atoms with E-state index in [0.717, 1.165) is 0 Å². The largest absolute Gasteiger partial charge is 0.446 e. The van der Waals surface area contributed by atoms with Crippen molar-refractivity contribution in [1.29, 1.82) is 0 Å². The number of hydrogen-bond donors (Lipinski definition) is 2. The Hall–Kier alpha value is -1.40. The van der Waals surface area contributed by atoms with Crippen molar-refractivity contribution in [3.05, 3.63) is 38.9 Å². The molecule has 0 aliphatic heterocycles. The van der Waals surface area contributed by atoms with Gasteiger partial charge in [-0.1, -0.05) is 0 Å². The monoisotopic (exact) mass is 283 g/mol. The van der Waals surface area contributed by atoms with Gasteiger partial charge in [0.2, 0.25) is 0 Å². The molecule has 5 nitrogen and oxygen atoms in total. The van der Waals surface area contributed by atoms with Gasteiger partial charge < -0.3 is 15.1 Å². The zero-order valence-electron chi connectivity index (χ0n) is 8.53. The highest BCUT2D eigenvalue weighted by Crippen LogP contribution is 2.21. The van der Waals surface area contributed by atoms with E-state index < -0.39 is 0 Å². The summed E-state index contributed by atoms with van der Waals surface area (Å²) in [6.45, 7) is 1.77. The molecule has 0 radical (unpaired) electrons. The number of halogens is 1. The molecule has 2 aromatic heterocycles. The van der Waals surface area contributed by atoms with Gasteiger partial charge >= 0.3 is 0 Å². The van der Waals surface area contributed by atoms with Crippen molar-refractivity contribution in [2.45, 2.75) is 13.0 Å². The average Bonchev–Trinajstić information content (AvgIpc) is 2.64. The number of aromatic nitrogens is 2. The maximum atomic E-state index is 11.4. The van der Waals surface area contributed by atoms with Crippen LogP contribution in [0.1, 0.15) is 18.7 Å². The van der Waals surface area contributed by atoms with Crippen LogP contribution in [-0.2, 0) is 0 Å². The number of rotatable bonds is 2. The fourth-order valence-corrected chi connectivity index (χ4v) is 1.57. The summed E-state index contributed by atoms with van der Waals surface area (Å²) >= 11 is 3.18. The Balaban J connectivity index is 2.53. The molecule has 0 saturated heterocycles. The van der Waals surface area contributed by atoms with Crippen molar-refractivity contribution in [1.82, 2.24) is 9.97 Å². The Kier molecular flexibility index (Phi) is 2.93. The molecule has 2 rings (SSSR count). The van der Waals surface area contributed by atoms with Crippen LogP contribution in [-0.4, -0.2) is 9.97 Å². The van der Waals surface area contributed by atoms with E-state index in [-0.39, 0.29) is 11.6 Å². The lowest BCUT2D eigenvalue weighted by molar-refractivity contribution is 0.550. The molecule has 2 heterocycles. The van der Waals surface area contributed by atoms with Crippen LogP contribution in [0.3, 0.4) is 0 Å². The molecule has 1 atom stereocenters. The van der Waals surface area contributed by atoms with E-state index in [2.05, 4.69) is 25.9 Å². The highest BCUT2D eigenvalue weighted by molar-refractivity contribution is 9.10. The summed E-state index contributed by atoms with van der Waals surface area (Å²) in [6.07, 6.45) is 0. The first kappa shape index (κ1) is 11.1. The van der Waals surface area contributed by atoms with Gasteiger partial charge in [-0.25, -0.2) is 4.98 Å². The molecular weight excluding hydrogens is 274 g/mol. The van der Waals surface area contributed by atoms with Gasteiger partial charge in [-0.05, 0) is 35.0 Å². The van der Waals surface area contributed by atoms with Crippen molar-refractivity contribution in [3.8, 4) is 11.6 Å². The molecule has 0 saturated carbocycles. The summed E-state index contributed by atoms with van der Waals surface area (Å²) in [7, 11) is 0. The maximum absolute atomic E-state index is 11.4. The Morgan fingerprint density at radius 1 is 1.56 bits per heavy atom. The van der Waals surface area contributed by atoms with E-state index >= 15 is 0 Å². The molecular formula is C10H10BrN3O2. The lowest BCUT2D eigenvalue weighted by Crippen LogP contribution is -2.15. The summed E-state index contributed by atoms with van der Waals surface area (Å²) in [5.41, 5.74) is 5.97. The molecule has 1 unspecified atom stereocenters. The molecule has 0 fully saturated rings. The van der Waals surface area contributed by atoms with E-state index in [4.69, 9.17) is 10.2 Å². The molecule has 16 heavy (non-hydrogen) atoms. The summed E-state index contributed by atoms with van der Waals surface area (Å²) in [5, 5.41) is 0. The van der Waals surface area contributed by atoms with Crippen LogP contribution in [0.4, 0.5) is 0 Å². The molecule has 0 aliphatic carbocycles. The third-order valence-corrected chi connectivity index (χ3v) is 2.46. The van der Waals surface area contributed by atoms with Crippen LogP contribution in [0.25, 0.3) is 11.6 Å². The molecule has 2 aromatic rings. The number of nitrogens with one attached hydrogen (secondary N) is 1. The quantitative estimate of drug-likeness (QED) is 0.880. The summed E-state index contributed by atoms with van der Waals surface area (Å²) < 4.78 is 5.88. The molecule has 0 bridgehead atoms. The normalized spacial score (nSPS) is 12.7. The van der Waals surface area contributed by atoms with Gasteiger partial charge in [-0.2, -0.15) is 0 Å². The van der Waals surface area contributed by atoms with Gasteiger partial charge in [0.25, 0.3) is 5.56 Å². The average molecular weight is 284 g/mol. The van der Waals surface area contributed by atoms with Crippen molar-refractivity contribution in [3.63, 3.8) is 0 Å². The number of H-pyrrole nitrogens is 1.